The van der Waals surface area contributed by atoms with Crippen LogP contribution in [0.5, 0.6) is 0 Å². The Bertz CT molecular complexity index is 516. The van der Waals surface area contributed by atoms with Crippen molar-refractivity contribution in [3.05, 3.63) is 48.0 Å². The molecule has 1 aromatic carbocycles. The summed E-state index contributed by atoms with van der Waals surface area (Å²) in [4.78, 5) is 15.8. The third-order valence-corrected chi connectivity index (χ3v) is 2.48. The fraction of sp³-hybridized carbons (Fsp3) is 0.167. The summed E-state index contributed by atoms with van der Waals surface area (Å²) in [6, 6.07) is 7.39. The minimum Gasteiger partial charge on any atom is -0.324 e. The first kappa shape index (κ1) is 10.6. The lowest BCUT2D eigenvalue weighted by atomic mass is 10.1. The smallest absolute Gasteiger partial charge is 0.178 e. The van der Waals surface area contributed by atoms with E-state index in [1.165, 1.54) is 0 Å². The van der Waals surface area contributed by atoms with Gasteiger partial charge in [-0.3, -0.25) is 4.79 Å². The van der Waals surface area contributed by atoms with Gasteiger partial charge in [-0.1, -0.05) is 12.1 Å². The number of rotatable bonds is 3. The van der Waals surface area contributed by atoms with Crippen molar-refractivity contribution < 1.29 is 4.79 Å². The number of hydrogen-bond acceptors (Lipinski definition) is 3. The van der Waals surface area contributed by atoms with E-state index in [1.54, 1.807) is 12.3 Å². The molecule has 0 atom stereocenters. The Balaban J connectivity index is 2.57. The molecule has 0 saturated heterocycles. The van der Waals surface area contributed by atoms with Crippen LogP contribution in [0.15, 0.2) is 36.7 Å². The number of carbonyl (C=O) groups excluding carboxylic acids is 1. The molecule has 0 fully saturated rings. The molecule has 0 saturated carbocycles. The Kier molecular flexibility index (Phi) is 2.83. The average molecular weight is 215 g/mol. The van der Waals surface area contributed by atoms with Crippen molar-refractivity contribution >= 4 is 5.78 Å². The lowest BCUT2D eigenvalue weighted by Crippen LogP contribution is -2.16. The molecule has 82 valence electrons. The highest BCUT2D eigenvalue weighted by atomic mass is 16.1. The van der Waals surface area contributed by atoms with Crippen molar-refractivity contribution in [3.63, 3.8) is 0 Å². The Hall–Kier alpha value is -1.94. The second-order valence-electron chi connectivity index (χ2n) is 3.49. The Morgan fingerprint density at radius 3 is 2.81 bits per heavy atom. The van der Waals surface area contributed by atoms with E-state index in [0.29, 0.717) is 5.56 Å². The average Bonchev–Trinajstić information content (AvgIpc) is 2.74. The van der Waals surface area contributed by atoms with E-state index < -0.39 is 0 Å². The number of para-hydroxylation sites is 1. The maximum Gasteiger partial charge on any atom is 0.178 e. The van der Waals surface area contributed by atoms with E-state index in [0.717, 1.165) is 11.5 Å². The van der Waals surface area contributed by atoms with Crippen LogP contribution >= 0.6 is 0 Å². The molecule has 2 rings (SSSR count). The number of benzene rings is 1. The van der Waals surface area contributed by atoms with E-state index in [-0.39, 0.29) is 12.3 Å². The van der Waals surface area contributed by atoms with E-state index in [9.17, 15) is 4.79 Å². The first-order valence-corrected chi connectivity index (χ1v) is 5.06. The molecule has 0 amide bonds. The third-order valence-electron chi connectivity index (χ3n) is 2.48. The summed E-state index contributed by atoms with van der Waals surface area (Å²) in [6.07, 6.45) is 3.54. The van der Waals surface area contributed by atoms with Crippen LogP contribution in [-0.4, -0.2) is 21.9 Å². The number of nitrogens with zero attached hydrogens (tertiary/aromatic N) is 2. The standard InChI is InChI=1S/C12H13N3O/c1-9-14-6-7-15(9)11-5-3-2-4-10(11)12(16)8-13/h2-7H,8,13H2,1H3. The van der Waals surface area contributed by atoms with Crippen molar-refractivity contribution in [3.8, 4) is 5.69 Å². The van der Waals surface area contributed by atoms with Crippen LogP contribution in [0.2, 0.25) is 0 Å². The Morgan fingerprint density at radius 2 is 2.19 bits per heavy atom. The summed E-state index contributed by atoms with van der Waals surface area (Å²) in [6.45, 7) is 1.91. The number of Topliss-reactive ketones (excluding diaryl/α,β-unsaturated/α-hetero) is 1. The molecule has 0 radical (unpaired) electrons. The maximum atomic E-state index is 11.7. The summed E-state index contributed by atoms with van der Waals surface area (Å²) in [5.41, 5.74) is 6.85. The van der Waals surface area contributed by atoms with Gasteiger partial charge < -0.3 is 10.3 Å². The highest BCUT2D eigenvalue weighted by molar-refractivity contribution is 6.00. The number of aryl methyl sites for hydroxylation is 1. The molecule has 2 N–H and O–H groups in total. The van der Waals surface area contributed by atoms with Crippen LogP contribution in [0.25, 0.3) is 5.69 Å². The lowest BCUT2D eigenvalue weighted by Gasteiger charge is -2.09. The second kappa shape index (κ2) is 4.28. The van der Waals surface area contributed by atoms with Gasteiger partial charge in [-0.25, -0.2) is 4.98 Å². The van der Waals surface area contributed by atoms with Gasteiger partial charge in [0.15, 0.2) is 5.78 Å². The summed E-state index contributed by atoms with van der Waals surface area (Å²) >= 11 is 0. The van der Waals surface area contributed by atoms with Gasteiger partial charge in [0, 0.05) is 18.0 Å². The van der Waals surface area contributed by atoms with Gasteiger partial charge >= 0.3 is 0 Å². The van der Waals surface area contributed by atoms with Gasteiger partial charge in [0.25, 0.3) is 0 Å². The molecule has 0 spiro atoms. The maximum absolute atomic E-state index is 11.7. The molecule has 0 bridgehead atoms. The molecule has 0 aliphatic rings. The number of nitrogens with two attached hydrogens (primary N) is 1. The monoisotopic (exact) mass is 215 g/mol. The quantitative estimate of drug-likeness (QED) is 0.785. The van der Waals surface area contributed by atoms with Crippen LogP contribution < -0.4 is 5.73 Å². The summed E-state index contributed by atoms with van der Waals surface area (Å²) < 4.78 is 1.88. The van der Waals surface area contributed by atoms with Gasteiger partial charge in [0.2, 0.25) is 0 Å². The highest BCUT2D eigenvalue weighted by Crippen LogP contribution is 2.16. The zero-order chi connectivity index (χ0) is 11.5. The van der Waals surface area contributed by atoms with E-state index in [2.05, 4.69) is 4.98 Å². The SMILES string of the molecule is Cc1nccn1-c1ccccc1C(=O)CN. The van der Waals surface area contributed by atoms with E-state index in [4.69, 9.17) is 5.73 Å². The topological polar surface area (TPSA) is 60.9 Å². The van der Waals surface area contributed by atoms with Gasteiger partial charge in [-0.2, -0.15) is 0 Å². The molecule has 2 aromatic rings. The highest BCUT2D eigenvalue weighted by Gasteiger charge is 2.11. The zero-order valence-corrected chi connectivity index (χ0v) is 9.05. The fourth-order valence-corrected chi connectivity index (χ4v) is 1.66. The number of ketones is 1. The fourth-order valence-electron chi connectivity index (χ4n) is 1.66. The number of imidazole rings is 1. The van der Waals surface area contributed by atoms with Gasteiger partial charge in [0.05, 0.1) is 12.2 Å². The van der Waals surface area contributed by atoms with Crippen molar-refractivity contribution in [2.75, 3.05) is 6.54 Å². The minimum atomic E-state index is -0.0660. The van der Waals surface area contributed by atoms with Gasteiger partial charge in [0.1, 0.15) is 5.82 Å². The molecule has 0 aliphatic carbocycles. The van der Waals surface area contributed by atoms with Gasteiger partial charge in [-0.05, 0) is 19.1 Å². The molecule has 0 aliphatic heterocycles. The van der Waals surface area contributed by atoms with Crippen LogP contribution in [0.4, 0.5) is 0 Å². The predicted octanol–water partition coefficient (Wildman–Crippen LogP) is 1.32. The zero-order valence-electron chi connectivity index (χ0n) is 9.05. The van der Waals surface area contributed by atoms with E-state index >= 15 is 0 Å². The largest absolute Gasteiger partial charge is 0.324 e. The van der Waals surface area contributed by atoms with Crippen LogP contribution in [0.3, 0.4) is 0 Å². The first-order chi connectivity index (χ1) is 7.74. The molecule has 1 aromatic heterocycles. The van der Waals surface area contributed by atoms with Gasteiger partial charge in [-0.15, -0.1) is 0 Å². The van der Waals surface area contributed by atoms with Crippen LogP contribution in [-0.2, 0) is 0 Å². The molecular weight excluding hydrogens is 202 g/mol. The van der Waals surface area contributed by atoms with Crippen molar-refractivity contribution in [1.29, 1.82) is 0 Å². The van der Waals surface area contributed by atoms with Crippen LogP contribution in [0, 0.1) is 6.92 Å². The predicted molar refractivity (Wildman–Crippen MR) is 61.7 cm³/mol. The molecule has 1 heterocycles. The molecule has 16 heavy (non-hydrogen) atoms. The first-order valence-electron chi connectivity index (χ1n) is 5.06. The molecule has 4 heteroatoms. The number of aromatic nitrogens is 2. The molecule has 4 nitrogen and oxygen atoms in total. The Labute approximate surface area is 93.7 Å². The summed E-state index contributed by atoms with van der Waals surface area (Å²) in [7, 11) is 0. The van der Waals surface area contributed by atoms with Crippen LogP contribution in [0.1, 0.15) is 16.2 Å². The molecule has 0 unspecified atom stereocenters. The van der Waals surface area contributed by atoms with E-state index in [1.807, 2.05) is 35.9 Å². The van der Waals surface area contributed by atoms with Crippen molar-refractivity contribution in [2.45, 2.75) is 6.92 Å². The Morgan fingerprint density at radius 1 is 1.44 bits per heavy atom. The van der Waals surface area contributed by atoms with Crippen molar-refractivity contribution in [2.24, 2.45) is 5.73 Å². The van der Waals surface area contributed by atoms with Crippen molar-refractivity contribution in [1.82, 2.24) is 9.55 Å². The third kappa shape index (κ3) is 1.75. The molecular formula is C12H13N3O. The second-order valence-corrected chi connectivity index (χ2v) is 3.49. The number of hydrogen-bond donors (Lipinski definition) is 1. The summed E-state index contributed by atoms with van der Waals surface area (Å²) in [5, 5.41) is 0. The normalized spacial score (nSPS) is 10.4. The number of carbonyl (C=O) groups is 1. The minimum absolute atomic E-state index is 0.0186. The summed E-state index contributed by atoms with van der Waals surface area (Å²) in [5.74, 6) is 0.779. The lowest BCUT2D eigenvalue weighted by molar-refractivity contribution is 0.100.